The Morgan fingerprint density at radius 2 is 2.18 bits per heavy atom. The van der Waals surface area contributed by atoms with E-state index in [9.17, 15) is 9.59 Å². The summed E-state index contributed by atoms with van der Waals surface area (Å²) in [5, 5.41) is 11.5. The molecule has 0 aliphatic rings. The fraction of sp³-hybridized carbons (Fsp3) is 0.333. The van der Waals surface area contributed by atoms with E-state index in [0.29, 0.717) is 4.88 Å². The normalized spacial score (nSPS) is 10.9. The van der Waals surface area contributed by atoms with Crippen LogP contribution in [0.4, 0.5) is 0 Å². The van der Waals surface area contributed by atoms with Crippen molar-refractivity contribution in [2.24, 2.45) is 0 Å². The van der Waals surface area contributed by atoms with Crippen LogP contribution >= 0.6 is 11.3 Å². The molecule has 92 valence electrons. The van der Waals surface area contributed by atoms with E-state index >= 15 is 0 Å². The second-order valence-corrected chi connectivity index (χ2v) is 4.59. The Morgan fingerprint density at radius 3 is 2.82 bits per heavy atom. The predicted octanol–water partition coefficient (Wildman–Crippen LogP) is 2.03. The standard InChI is InChI=1S/C12H15NO3S/c1-13-8-2-3-9-4-6-11(17-9)10(14)5-7-12(15)16/h2-4,6,13H,5,7-8H2,1H3,(H,15,16). The molecule has 0 saturated carbocycles. The molecule has 0 aromatic carbocycles. The molecule has 0 fully saturated rings. The summed E-state index contributed by atoms with van der Waals surface area (Å²) in [6, 6.07) is 3.61. The summed E-state index contributed by atoms with van der Waals surface area (Å²) in [6.45, 7) is 0.778. The number of rotatable bonds is 7. The molecule has 1 rings (SSSR count). The molecular formula is C12H15NO3S. The molecule has 1 aromatic rings. The van der Waals surface area contributed by atoms with E-state index in [-0.39, 0.29) is 18.6 Å². The van der Waals surface area contributed by atoms with Gasteiger partial charge in [-0.3, -0.25) is 9.59 Å². The molecule has 0 bridgehead atoms. The summed E-state index contributed by atoms with van der Waals surface area (Å²) in [7, 11) is 1.86. The zero-order valence-electron chi connectivity index (χ0n) is 9.60. The quantitative estimate of drug-likeness (QED) is 0.730. The number of hydrogen-bond donors (Lipinski definition) is 2. The van der Waals surface area contributed by atoms with E-state index in [4.69, 9.17) is 5.11 Å². The van der Waals surface area contributed by atoms with Crippen LogP contribution in [-0.4, -0.2) is 30.5 Å². The number of hydrogen-bond acceptors (Lipinski definition) is 4. The van der Waals surface area contributed by atoms with Gasteiger partial charge in [-0.15, -0.1) is 11.3 Å². The van der Waals surface area contributed by atoms with Gasteiger partial charge < -0.3 is 10.4 Å². The first-order valence-electron chi connectivity index (χ1n) is 5.29. The molecular weight excluding hydrogens is 238 g/mol. The first-order chi connectivity index (χ1) is 8.13. The SMILES string of the molecule is CNCC=Cc1ccc(C(=O)CCC(=O)O)s1. The van der Waals surface area contributed by atoms with E-state index in [2.05, 4.69) is 5.32 Å². The number of ketones is 1. The van der Waals surface area contributed by atoms with Crippen LogP contribution in [0.5, 0.6) is 0 Å². The third-order valence-electron chi connectivity index (χ3n) is 2.07. The number of Topliss-reactive ketones (excluding diaryl/α,β-unsaturated/α-hetero) is 1. The maximum Gasteiger partial charge on any atom is 0.303 e. The van der Waals surface area contributed by atoms with Crippen molar-refractivity contribution in [2.75, 3.05) is 13.6 Å². The van der Waals surface area contributed by atoms with Crippen molar-refractivity contribution in [3.63, 3.8) is 0 Å². The number of carbonyl (C=O) groups excluding carboxylic acids is 1. The number of carboxylic acids is 1. The van der Waals surface area contributed by atoms with Gasteiger partial charge in [-0.1, -0.05) is 6.08 Å². The summed E-state index contributed by atoms with van der Waals surface area (Å²) in [4.78, 5) is 23.6. The van der Waals surface area contributed by atoms with Crippen LogP contribution in [0.2, 0.25) is 0 Å². The maximum atomic E-state index is 11.6. The number of aliphatic carboxylic acids is 1. The molecule has 17 heavy (non-hydrogen) atoms. The summed E-state index contributed by atoms with van der Waals surface area (Å²) in [5.74, 6) is -1.05. The lowest BCUT2D eigenvalue weighted by atomic mass is 10.2. The summed E-state index contributed by atoms with van der Waals surface area (Å²) in [6.07, 6.45) is 3.86. The lowest BCUT2D eigenvalue weighted by molar-refractivity contribution is -0.136. The van der Waals surface area contributed by atoms with Crippen molar-refractivity contribution in [1.82, 2.24) is 5.32 Å². The van der Waals surface area contributed by atoms with Crippen LogP contribution in [0.1, 0.15) is 27.4 Å². The monoisotopic (exact) mass is 253 g/mol. The van der Waals surface area contributed by atoms with E-state index in [0.717, 1.165) is 11.4 Å². The van der Waals surface area contributed by atoms with Crippen LogP contribution in [0, 0.1) is 0 Å². The molecule has 0 spiro atoms. The Kier molecular flexibility index (Phi) is 5.59. The minimum absolute atomic E-state index is 0.0650. The molecule has 1 aromatic heterocycles. The second-order valence-electron chi connectivity index (χ2n) is 3.48. The predicted molar refractivity (Wildman–Crippen MR) is 68.5 cm³/mol. The Hall–Kier alpha value is -1.46. The largest absolute Gasteiger partial charge is 0.481 e. The highest BCUT2D eigenvalue weighted by Gasteiger charge is 2.10. The van der Waals surface area contributed by atoms with Crippen LogP contribution in [0.25, 0.3) is 6.08 Å². The lowest BCUT2D eigenvalue weighted by Gasteiger charge is -1.93. The Labute approximate surface area is 104 Å². The third kappa shape index (κ3) is 4.93. The van der Waals surface area contributed by atoms with Gasteiger partial charge in [0, 0.05) is 17.8 Å². The van der Waals surface area contributed by atoms with Gasteiger partial charge >= 0.3 is 5.97 Å². The van der Waals surface area contributed by atoms with E-state index in [1.807, 2.05) is 25.3 Å². The van der Waals surface area contributed by atoms with Gasteiger partial charge in [0.2, 0.25) is 0 Å². The Morgan fingerprint density at radius 1 is 1.41 bits per heavy atom. The van der Waals surface area contributed by atoms with Crippen molar-refractivity contribution in [1.29, 1.82) is 0 Å². The molecule has 0 atom stereocenters. The molecule has 2 N–H and O–H groups in total. The first-order valence-corrected chi connectivity index (χ1v) is 6.11. The van der Waals surface area contributed by atoms with Gasteiger partial charge in [0.1, 0.15) is 0 Å². The molecule has 4 nitrogen and oxygen atoms in total. The smallest absolute Gasteiger partial charge is 0.303 e. The van der Waals surface area contributed by atoms with Crippen molar-refractivity contribution < 1.29 is 14.7 Å². The van der Waals surface area contributed by atoms with Gasteiger partial charge in [0.15, 0.2) is 5.78 Å². The van der Waals surface area contributed by atoms with Gasteiger partial charge in [-0.2, -0.15) is 0 Å². The number of thiophene rings is 1. The van der Waals surface area contributed by atoms with Gasteiger partial charge in [-0.25, -0.2) is 0 Å². The summed E-state index contributed by atoms with van der Waals surface area (Å²) < 4.78 is 0. The third-order valence-corrected chi connectivity index (χ3v) is 3.16. The molecule has 1 heterocycles. The van der Waals surface area contributed by atoms with Crippen molar-refractivity contribution in [2.45, 2.75) is 12.8 Å². The number of likely N-dealkylation sites (N-methyl/N-ethyl adjacent to an activating group) is 1. The number of nitrogens with one attached hydrogen (secondary N) is 1. The summed E-state index contributed by atoms with van der Waals surface area (Å²) in [5.41, 5.74) is 0. The fourth-order valence-corrected chi connectivity index (χ4v) is 2.14. The van der Waals surface area contributed by atoms with E-state index in [1.54, 1.807) is 6.07 Å². The zero-order chi connectivity index (χ0) is 12.7. The molecule has 0 saturated heterocycles. The fourth-order valence-electron chi connectivity index (χ4n) is 1.23. The van der Waals surface area contributed by atoms with Crippen LogP contribution in [0.3, 0.4) is 0 Å². The highest BCUT2D eigenvalue weighted by atomic mass is 32.1. The molecule has 0 amide bonds. The highest BCUT2D eigenvalue weighted by Crippen LogP contribution is 2.19. The highest BCUT2D eigenvalue weighted by molar-refractivity contribution is 7.14. The van der Waals surface area contributed by atoms with Crippen molar-refractivity contribution >= 4 is 29.2 Å². The average Bonchev–Trinajstić information content (AvgIpc) is 2.75. The zero-order valence-corrected chi connectivity index (χ0v) is 10.4. The second kappa shape index (κ2) is 6.98. The van der Waals surface area contributed by atoms with E-state index < -0.39 is 5.97 Å². The molecule has 0 aliphatic heterocycles. The molecule has 0 unspecified atom stereocenters. The lowest BCUT2D eigenvalue weighted by Crippen LogP contribution is -2.03. The van der Waals surface area contributed by atoms with Crippen molar-refractivity contribution in [3.05, 3.63) is 28.0 Å². The maximum absolute atomic E-state index is 11.6. The van der Waals surface area contributed by atoms with Crippen LogP contribution in [0.15, 0.2) is 18.2 Å². The number of carboxylic acid groups (broad SMARTS) is 1. The van der Waals surface area contributed by atoms with Crippen LogP contribution < -0.4 is 5.32 Å². The minimum atomic E-state index is -0.941. The number of carbonyl (C=O) groups is 2. The Balaban J connectivity index is 2.55. The topological polar surface area (TPSA) is 66.4 Å². The summed E-state index contributed by atoms with van der Waals surface area (Å²) >= 11 is 1.39. The average molecular weight is 253 g/mol. The molecule has 5 heteroatoms. The van der Waals surface area contributed by atoms with Gasteiger partial charge in [-0.05, 0) is 25.3 Å². The molecule has 0 radical (unpaired) electrons. The van der Waals surface area contributed by atoms with E-state index in [1.165, 1.54) is 11.3 Å². The first kappa shape index (κ1) is 13.6. The van der Waals surface area contributed by atoms with Crippen LogP contribution in [-0.2, 0) is 4.79 Å². The van der Waals surface area contributed by atoms with Gasteiger partial charge in [0.25, 0.3) is 0 Å². The Bertz CT molecular complexity index is 423. The minimum Gasteiger partial charge on any atom is -0.481 e. The van der Waals surface area contributed by atoms with Gasteiger partial charge in [0.05, 0.1) is 11.3 Å². The molecule has 0 aliphatic carbocycles. The van der Waals surface area contributed by atoms with Crippen molar-refractivity contribution in [3.8, 4) is 0 Å².